The number of rotatable bonds is 6. The van der Waals surface area contributed by atoms with Crippen LogP contribution in [0.2, 0.25) is 0 Å². The third kappa shape index (κ3) is 5.41. The van der Waals surface area contributed by atoms with E-state index in [4.69, 9.17) is 29.2 Å². The summed E-state index contributed by atoms with van der Waals surface area (Å²) in [5, 5.41) is 12.6. The molecule has 1 amide bonds. The van der Waals surface area contributed by atoms with E-state index in [2.05, 4.69) is 9.80 Å². The van der Waals surface area contributed by atoms with Gasteiger partial charge in [0.25, 0.3) is 0 Å². The van der Waals surface area contributed by atoms with Crippen LogP contribution < -0.4 is 14.4 Å². The highest BCUT2D eigenvalue weighted by Crippen LogP contribution is 2.42. The van der Waals surface area contributed by atoms with Crippen LogP contribution in [0.1, 0.15) is 59.3 Å². The van der Waals surface area contributed by atoms with Crippen molar-refractivity contribution in [3.8, 4) is 28.8 Å². The number of aromatic nitrogens is 3. The van der Waals surface area contributed by atoms with E-state index >= 15 is 0 Å². The van der Waals surface area contributed by atoms with Crippen LogP contribution in [0.5, 0.6) is 17.6 Å². The first-order valence-corrected chi connectivity index (χ1v) is 17.2. The summed E-state index contributed by atoms with van der Waals surface area (Å²) in [6.45, 7) is 9.68. The molecule has 4 fully saturated rings. The van der Waals surface area contributed by atoms with Crippen molar-refractivity contribution in [2.45, 2.75) is 82.5 Å². The zero-order chi connectivity index (χ0) is 33.2. The normalized spacial score (nSPS) is 22.0. The molecule has 0 aliphatic carbocycles. The van der Waals surface area contributed by atoms with Gasteiger partial charge in [-0.15, -0.1) is 0 Å². The van der Waals surface area contributed by atoms with Crippen LogP contribution in [0.4, 0.5) is 10.6 Å². The Morgan fingerprint density at radius 3 is 2.42 bits per heavy atom. The number of ether oxygens (including phenoxy) is 3. The molecule has 0 spiro atoms. The predicted molar refractivity (Wildman–Crippen MR) is 184 cm³/mol. The van der Waals surface area contributed by atoms with Crippen molar-refractivity contribution < 1.29 is 24.1 Å². The van der Waals surface area contributed by atoms with Crippen LogP contribution in [0.3, 0.4) is 0 Å². The molecule has 1 N–H and O–H groups in total. The van der Waals surface area contributed by atoms with Crippen molar-refractivity contribution in [1.82, 2.24) is 24.8 Å². The predicted octanol–water partition coefficient (Wildman–Crippen LogP) is 6.15. The average Bonchev–Trinajstić information content (AvgIpc) is 3.72. The third-order valence-corrected chi connectivity index (χ3v) is 10.6. The zero-order valence-electron chi connectivity index (χ0n) is 28.2. The van der Waals surface area contributed by atoms with Gasteiger partial charge in [-0.25, -0.2) is 9.78 Å². The summed E-state index contributed by atoms with van der Waals surface area (Å²) in [6, 6.07) is 13.7. The molecule has 4 saturated heterocycles. The largest absolute Gasteiger partial charge is 0.508 e. The van der Waals surface area contributed by atoms with Gasteiger partial charge >= 0.3 is 12.1 Å². The van der Waals surface area contributed by atoms with E-state index in [0.29, 0.717) is 48.4 Å². The van der Waals surface area contributed by atoms with Crippen molar-refractivity contribution in [2.75, 3.05) is 44.8 Å². The number of methoxy groups -OCH3 is 1. The Bertz CT molecular complexity index is 1870. The van der Waals surface area contributed by atoms with E-state index < -0.39 is 5.60 Å². The zero-order valence-corrected chi connectivity index (χ0v) is 28.2. The third-order valence-electron chi connectivity index (χ3n) is 10.6. The Kier molecular flexibility index (Phi) is 7.50. The highest BCUT2D eigenvalue weighted by Gasteiger charge is 2.46. The SMILES string of the molecule is COc1nc2c(N3CC4CCC(C3)N4C(=O)OC(C)(C)C)nc(OCC34CCCN3CCC4)nc2cc1-c1cc(O)cc2ccccc12. The summed E-state index contributed by atoms with van der Waals surface area (Å²) >= 11 is 0. The fourth-order valence-electron chi connectivity index (χ4n) is 8.51. The fourth-order valence-corrected chi connectivity index (χ4v) is 8.51. The van der Waals surface area contributed by atoms with E-state index in [1.807, 2.05) is 56.0 Å². The average molecular weight is 653 g/mol. The Hall–Kier alpha value is -4.38. The number of aromatic hydroxyl groups is 1. The van der Waals surface area contributed by atoms with Crippen molar-refractivity contribution in [3.05, 3.63) is 42.5 Å². The maximum Gasteiger partial charge on any atom is 0.410 e. The van der Waals surface area contributed by atoms with E-state index in [1.54, 1.807) is 19.2 Å². The van der Waals surface area contributed by atoms with Crippen LogP contribution >= 0.6 is 0 Å². The molecule has 0 radical (unpaired) electrons. The first-order chi connectivity index (χ1) is 23.1. The molecule has 2 bridgehead atoms. The molecular formula is C37H44N6O5. The minimum atomic E-state index is -0.560. The van der Waals surface area contributed by atoms with Crippen LogP contribution in [0.25, 0.3) is 32.9 Å². The van der Waals surface area contributed by atoms with Gasteiger partial charge in [0.15, 0.2) is 5.82 Å². The van der Waals surface area contributed by atoms with E-state index in [0.717, 1.165) is 60.7 Å². The van der Waals surface area contributed by atoms with Gasteiger partial charge in [-0.3, -0.25) is 9.80 Å². The van der Waals surface area contributed by atoms with Crippen LogP contribution in [-0.2, 0) is 4.74 Å². The standard InChI is InChI=1S/C37H44N6O5/c1-36(2,3)48-35(45)43-24-11-12-25(43)21-41(20-24)32-31-30(38-34(40-32)47-22-37-13-7-15-42(37)16-8-14-37)19-29(33(39-31)46-4)28-18-26(44)17-23-9-5-6-10-27(23)28/h5-6,9-10,17-19,24-25,44H,7-8,11-16,20-22H2,1-4H3. The number of carbonyl (C=O) groups is 1. The summed E-state index contributed by atoms with van der Waals surface area (Å²) in [7, 11) is 1.61. The van der Waals surface area contributed by atoms with Crippen LogP contribution in [-0.4, -0.2) is 99.1 Å². The summed E-state index contributed by atoms with van der Waals surface area (Å²) < 4.78 is 18.2. The molecule has 2 unspecified atom stereocenters. The molecule has 11 nitrogen and oxygen atoms in total. The molecule has 6 heterocycles. The highest BCUT2D eigenvalue weighted by molar-refractivity contribution is 6.01. The summed E-state index contributed by atoms with van der Waals surface area (Å²) in [5.74, 6) is 1.25. The molecular weight excluding hydrogens is 608 g/mol. The number of piperazine rings is 1. The second kappa shape index (κ2) is 11.6. The topological polar surface area (TPSA) is 113 Å². The minimum absolute atomic E-state index is 0.00256. The van der Waals surface area contributed by atoms with Gasteiger partial charge in [-0.2, -0.15) is 9.97 Å². The smallest absolute Gasteiger partial charge is 0.410 e. The molecule has 2 aromatic heterocycles. The lowest BCUT2D eigenvalue weighted by Gasteiger charge is -2.41. The first kappa shape index (κ1) is 30.9. The Labute approximate surface area is 280 Å². The van der Waals surface area contributed by atoms with Gasteiger partial charge in [-0.05, 0) is 107 Å². The van der Waals surface area contributed by atoms with Crippen molar-refractivity contribution in [3.63, 3.8) is 0 Å². The molecule has 48 heavy (non-hydrogen) atoms. The number of phenolic OH excluding ortho intramolecular Hbond substituents is 1. The number of amides is 1. The van der Waals surface area contributed by atoms with Gasteiger partial charge in [0.2, 0.25) is 5.88 Å². The van der Waals surface area contributed by atoms with Gasteiger partial charge in [0, 0.05) is 18.7 Å². The summed E-state index contributed by atoms with van der Waals surface area (Å²) in [5.41, 5.74) is 2.25. The lowest BCUT2D eigenvalue weighted by atomic mass is 9.95. The van der Waals surface area contributed by atoms with Gasteiger partial charge in [-0.1, -0.05) is 24.3 Å². The van der Waals surface area contributed by atoms with Gasteiger partial charge < -0.3 is 24.2 Å². The number of hydrogen-bond donors (Lipinski definition) is 1. The second-order valence-electron chi connectivity index (χ2n) is 14.8. The number of benzene rings is 2. The molecule has 4 aliphatic heterocycles. The Balaban J connectivity index is 1.21. The number of carbonyl (C=O) groups excluding carboxylic acids is 1. The molecule has 0 saturated carbocycles. The van der Waals surface area contributed by atoms with E-state index in [-0.39, 0.29) is 29.5 Å². The van der Waals surface area contributed by atoms with Gasteiger partial charge in [0.05, 0.1) is 30.2 Å². The second-order valence-corrected chi connectivity index (χ2v) is 14.8. The van der Waals surface area contributed by atoms with Crippen LogP contribution in [0.15, 0.2) is 42.5 Å². The number of phenols is 1. The Morgan fingerprint density at radius 1 is 0.979 bits per heavy atom. The van der Waals surface area contributed by atoms with E-state index in [9.17, 15) is 9.90 Å². The number of anilines is 1. The lowest BCUT2D eigenvalue weighted by molar-refractivity contribution is 0.0122. The van der Waals surface area contributed by atoms with Crippen molar-refractivity contribution >= 4 is 33.7 Å². The monoisotopic (exact) mass is 652 g/mol. The minimum Gasteiger partial charge on any atom is -0.508 e. The highest BCUT2D eigenvalue weighted by atomic mass is 16.6. The molecule has 4 aliphatic rings. The molecule has 252 valence electrons. The van der Waals surface area contributed by atoms with Crippen LogP contribution in [0, 0.1) is 0 Å². The van der Waals surface area contributed by atoms with Crippen molar-refractivity contribution in [2.24, 2.45) is 0 Å². The molecule has 11 heteroatoms. The maximum absolute atomic E-state index is 13.2. The molecule has 2 atom stereocenters. The Morgan fingerprint density at radius 2 is 1.71 bits per heavy atom. The number of hydrogen-bond acceptors (Lipinski definition) is 10. The fraction of sp³-hybridized carbons (Fsp3) is 0.514. The van der Waals surface area contributed by atoms with Crippen molar-refractivity contribution in [1.29, 1.82) is 0 Å². The number of pyridine rings is 1. The van der Waals surface area contributed by atoms with Gasteiger partial charge in [0.1, 0.15) is 23.5 Å². The molecule has 2 aromatic carbocycles. The molecule has 4 aromatic rings. The first-order valence-electron chi connectivity index (χ1n) is 17.2. The van der Waals surface area contributed by atoms with E-state index in [1.165, 1.54) is 12.8 Å². The molecule has 8 rings (SSSR count). The lowest BCUT2D eigenvalue weighted by Crippen LogP contribution is -2.57. The summed E-state index contributed by atoms with van der Waals surface area (Å²) in [4.78, 5) is 35.0. The quantitative estimate of drug-likeness (QED) is 0.260. The summed E-state index contributed by atoms with van der Waals surface area (Å²) in [6.07, 6.45) is 6.15. The maximum atomic E-state index is 13.2. The number of fused-ring (bicyclic) bond motifs is 5. The number of nitrogens with zero attached hydrogens (tertiary/aromatic N) is 6.